The first-order valence-corrected chi connectivity index (χ1v) is 6.05. The molecule has 1 amide bonds. The molecule has 0 saturated carbocycles. The fourth-order valence-electron chi connectivity index (χ4n) is 2.16. The van der Waals surface area contributed by atoms with Gasteiger partial charge in [0, 0.05) is 39.0 Å². The topological polar surface area (TPSA) is 41.6 Å². The van der Waals surface area contributed by atoms with Gasteiger partial charge in [0.1, 0.15) is 0 Å². The third kappa shape index (κ3) is 3.61. The van der Waals surface area contributed by atoms with Crippen LogP contribution in [0.5, 0.6) is 0 Å². The van der Waals surface area contributed by atoms with E-state index in [2.05, 4.69) is 5.32 Å². The van der Waals surface area contributed by atoms with E-state index in [0.29, 0.717) is 19.6 Å². The van der Waals surface area contributed by atoms with Crippen molar-refractivity contribution in [3.05, 3.63) is 0 Å². The highest BCUT2D eigenvalue weighted by Gasteiger charge is 2.35. The minimum Gasteiger partial charge on any atom is -0.375 e. The molecule has 0 radical (unpaired) electrons. The summed E-state index contributed by atoms with van der Waals surface area (Å²) in [4.78, 5) is 13.4. The zero-order chi connectivity index (χ0) is 12.3. The van der Waals surface area contributed by atoms with Crippen LogP contribution in [0.25, 0.3) is 0 Å². The molecule has 2 rings (SSSR count). The predicted octanol–water partition coefficient (Wildman–Crippen LogP) is 0.623. The Morgan fingerprint density at radius 2 is 2.12 bits per heavy atom. The number of rotatable bonds is 2. The van der Waals surface area contributed by atoms with Crippen molar-refractivity contribution >= 4 is 5.91 Å². The Balaban J connectivity index is 1.76. The molecule has 2 aliphatic heterocycles. The summed E-state index contributed by atoms with van der Waals surface area (Å²) in [6, 6.07) is 0. The number of likely N-dealkylation sites (tertiary alicyclic amines) is 1. The molecular weight excluding hydrogens is 230 g/mol. The smallest absolute Gasteiger partial charge is 0.251 e. The number of nitrogens with zero attached hydrogens (tertiary/aromatic N) is 1. The largest absolute Gasteiger partial charge is 0.375 e. The van der Waals surface area contributed by atoms with Crippen molar-refractivity contribution in [3.63, 3.8) is 0 Å². The summed E-state index contributed by atoms with van der Waals surface area (Å²) in [7, 11) is 0. The average Bonchev–Trinajstić information content (AvgIpc) is 2.30. The van der Waals surface area contributed by atoms with Crippen molar-refractivity contribution in [1.82, 2.24) is 10.2 Å². The molecule has 0 spiro atoms. The maximum atomic E-state index is 12.9. The van der Waals surface area contributed by atoms with E-state index >= 15 is 0 Å². The maximum Gasteiger partial charge on any atom is 0.251 e. The lowest BCUT2D eigenvalue weighted by Gasteiger charge is -2.33. The third-order valence-corrected chi connectivity index (χ3v) is 3.25. The molecule has 2 saturated heterocycles. The minimum atomic E-state index is -2.60. The zero-order valence-corrected chi connectivity index (χ0v) is 9.75. The summed E-state index contributed by atoms with van der Waals surface area (Å²) in [5.74, 6) is -2.67. The molecule has 98 valence electrons. The van der Waals surface area contributed by atoms with Gasteiger partial charge in [0.15, 0.2) is 0 Å². The number of halogens is 2. The number of morpholine rings is 1. The van der Waals surface area contributed by atoms with Crippen LogP contribution in [-0.2, 0) is 9.53 Å². The molecule has 1 N–H and O–H groups in total. The van der Waals surface area contributed by atoms with E-state index < -0.39 is 5.92 Å². The summed E-state index contributed by atoms with van der Waals surface area (Å²) in [5.41, 5.74) is 0. The van der Waals surface area contributed by atoms with Gasteiger partial charge in [-0.3, -0.25) is 4.79 Å². The first-order chi connectivity index (χ1) is 8.07. The van der Waals surface area contributed by atoms with E-state index in [1.54, 1.807) is 0 Å². The van der Waals surface area contributed by atoms with Crippen LogP contribution in [-0.4, -0.2) is 55.6 Å². The van der Waals surface area contributed by atoms with E-state index in [4.69, 9.17) is 4.74 Å². The quantitative estimate of drug-likeness (QED) is 0.779. The predicted molar refractivity (Wildman–Crippen MR) is 58.0 cm³/mol. The molecule has 2 heterocycles. The van der Waals surface area contributed by atoms with Crippen LogP contribution in [0, 0.1) is 0 Å². The van der Waals surface area contributed by atoms with E-state index in [9.17, 15) is 13.6 Å². The van der Waals surface area contributed by atoms with Gasteiger partial charge in [0.2, 0.25) is 5.91 Å². The first kappa shape index (κ1) is 12.7. The highest BCUT2D eigenvalue weighted by molar-refractivity contribution is 5.76. The molecule has 0 aliphatic carbocycles. The Bertz CT molecular complexity index is 271. The molecule has 1 unspecified atom stereocenters. The number of ether oxygens (including phenoxy) is 1. The monoisotopic (exact) mass is 248 g/mol. The van der Waals surface area contributed by atoms with Gasteiger partial charge >= 0.3 is 0 Å². The van der Waals surface area contributed by atoms with Crippen LogP contribution in [0.3, 0.4) is 0 Å². The van der Waals surface area contributed by atoms with E-state index in [0.717, 1.165) is 6.54 Å². The molecule has 1 atom stereocenters. The van der Waals surface area contributed by atoms with Gasteiger partial charge in [-0.05, 0) is 0 Å². The molecule has 4 nitrogen and oxygen atoms in total. The van der Waals surface area contributed by atoms with Crippen molar-refractivity contribution in [2.75, 3.05) is 32.8 Å². The lowest BCUT2D eigenvalue weighted by atomic mass is 10.1. The van der Waals surface area contributed by atoms with Crippen LogP contribution in [0.2, 0.25) is 0 Å². The van der Waals surface area contributed by atoms with Gasteiger partial charge in [-0.15, -0.1) is 0 Å². The number of carbonyl (C=O) groups is 1. The van der Waals surface area contributed by atoms with Crippen molar-refractivity contribution in [2.24, 2.45) is 0 Å². The number of hydrogen-bond acceptors (Lipinski definition) is 3. The number of amides is 1. The summed E-state index contributed by atoms with van der Waals surface area (Å²) in [6.45, 7) is 2.39. The SMILES string of the molecule is O=C(CC1CNCCO1)N1CCC(F)(F)CC1. The molecule has 6 heteroatoms. The average molecular weight is 248 g/mol. The summed E-state index contributed by atoms with van der Waals surface area (Å²) < 4.78 is 31.3. The number of alkyl halides is 2. The molecule has 17 heavy (non-hydrogen) atoms. The molecule has 0 bridgehead atoms. The number of piperidine rings is 1. The van der Waals surface area contributed by atoms with Gasteiger partial charge in [-0.25, -0.2) is 8.78 Å². The molecular formula is C11H18F2N2O2. The van der Waals surface area contributed by atoms with Gasteiger partial charge in [0.05, 0.1) is 19.1 Å². The molecule has 2 aliphatic rings. The third-order valence-electron chi connectivity index (χ3n) is 3.25. The summed E-state index contributed by atoms with van der Waals surface area (Å²) >= 11 is 0. The van der Waals surface area contributed by atoms with Gasteiger partial charge in [-0.1, -0.05) is 0 Å². The second kappa shape index (κ2) is 5.27. The second-order valence-electron chi connectivity index (χ2n) is 4.64. The second-order valence-corrected chi connectivity index (χ2v) is 4.64. The van der Waals surface area contributed by atoms with Crippen molar-refractivity contribution in [3.8, 4) is 0 Å². The van der Waals surface area contributed by atoms with Crippen LogP contribution in [0.4, 0.5) is 8.78 Å². The Labute approximate surface area is 99.3 Å². The van der Waals surface area contributed by atoms with Crippen LogP contribution < -0.4 is 5.32 Å². The van der Waals surface area contributed by atoms with E-state index in [-0.39, 0.29) is 37.9 Å². The Kier molecular flexibility index (Phi) is 3.93. The first-order valence-electron chi connectivity index (χ1n) is 6.05. The Morgan fingerprint density at radius 3 is 2.71 bits per heavy atom. The number of hydrogen-bond donors (Lipinski definition) is 1. The molecule has 0 aromatic heterocycles. The van der Waals surface area contributed by atoms with Crippen molar-refractivity contribution in [1.29, 1.82) is 0 Å². The lowest BCUT2D eigenvalue weighted by molar-refractivity contribution is -0.140. The van der Waals surface area contributed by atoms with Gasteiger partial charge < -0.3 is 15.0 Å². The highest BCUT2D eigenvalue weighted by Crippen LogP contribution is 2.28. The molecule has 2 fully saturated rings. The zero-order valence-electron chi connectivity index (χ0n) is 9.75. The van der Waals surface area contributed by atoms with Crippen molar-refractivity contribution < 1.29 is 18.3 Å². The Morgan fingerprint density at radius 1 is 1.41 bits per heavy atom. The van der Waals surface area contributed by atoms with Gasteiger partial charge in [-0.2, -0.15) is 0 Å². The molecule has 0 aromatic rings. The van der Waals surface area contributed by atoms with E-state index in [1.807, 2.05) is 0 Å². The summed E-state index contributed by atoms with van der Waals surface area (Å²) in [5, 5.41) is 3.14. The highest BCUT2D eigenvalue weighted by atomic mass is 19.3. The minimum absolute atomic E-state index is 0.0748. The normalized spacial score (nSPS) is 29.1. The molecule has 0 aromatic carbocycles. The van der Waals surface area contributed by atoms with Crippen molar-refractivity contribution in [2.45, 2.75) is 31.3 Å². The van der Waals surface area contributed by atoms with Gasteiger partial charge in [0.25, 0.3) is 5.92 Å². The van der Waals surface area contributed by atoms with Crippen LogP contribution in [0.15, 0.2) is 0 Å². The number of carbonyl (C=O) groups excluding carboxylic acids is 1. The fourth-order valence-corrected chi connectivity index (χ4v) is 2.16. The standard InChI is InChI=1S/C11H18F2N2O2/c12-11(13)1-4-15(5-2-11)10(16)7-9-8-14-3-6-17-9/h9,14H,1-8H2. The maximum absolute atomic E-state index is 12.9. The van der Waals surface area contributed by atoms with E-state index in [1.165, 1.54) is 4.90 Å². The van der Waals surface area contributed by atoms with Crippen LogP contribution in [0.1, 0.15) is 19.3 Å². The Hall–Kier alpha value is -0.750. The van der Waals surface area contributed by atoms with Crippen LogP contribution >= 0.6 is 0 Å². The lowest BCUT2D eigenvalue weighted by Crippen LogP contribution is -2.46. The number of nitrogens with one attached hydrogen (secondary N) is 1. The summed E-state index contributed by atoms with van der Waals surface area (Å²) in [6.07, 6.45) is -0.262. The fraction of sp³-hybridized carbons (Fsp3) is 0.909.